The normalized spacial score (nSPS) is 10.3. The van der Waals surface area contributed by atoms with E-state index < -0.39 is 5.97 Å². The van der Waals surface area contributed by atoms with E-state index in [2.05, 4.69) is 0 Å². The van der Waals surface area contributed by atoms with E-state index in [4.69, 9.17) is 33.0 Å². The molecule has 0 amide bonds. The number of carboxylic acid groups (broad SMARTS) is 1. The lowest BCUT2D eigenvalue weighted by molar-refractivity contribution is -0.142. The lowest BCUT2D eigenvalue weighted by Gasteiger charge is -2.04. The van der Waals surface area contributed by atoms with Gasteiger partial charge in [-0.05, 0) is 24.1 Å². The fraction of sp³-hybridized carbons (Fsp3) is 0.300. The Bertz CT molecular complexity index is 353. The Morgan fingerprint density at radius 2 is 2.13 bits per heavy atom. The quantitative estimate of drug-likeness (QED) is 0.816. The molecule has 3 nitrogen and oxygen atoms in total. The summed E-state index contributed by atoms with van der Waals surface area (Å²) in [6, 6.07) is 5.18. The third-order valence-corrected chi connectivity index (χ3v) is 2.34. The fourth-order valence-corrected chi connectivity index (χ4v) is 1.57. The summed E-state index contributed by atoms with van der Waals surface area (Å²) in [7, 11) is 0. The van der Waals surface area contributed by atoms with E-state index in [9.17, 15) is 4.79 Å². The lowest BCUT2D eigenvalue weighted by atomic mass is 10.2. The summed E-state index contributed by atoms with van der Waals surface area (Å²) in [5.74, 6) is -0.975. The van der Waals surface area contributed by atoms with Gasteiger partial charge in [0.25, 0.3) is 0 Å². The molecule has 0 aliphatic heterocycles. The molecule has 0 aromatic heterocycles. The number of rotatable bonds is 5. The zero-order chi connectivity index (χ0) is 11.3. The molecule has 0 fully saturated rings. The maximum Gasteiger partial charge on any atom is 0.329 e. The van der Waals surface area contributed by atoms with Crippen molar-refractivity contribution in [3.8, 4) is 0 Å². The molecular weight excluding hydrogens is 239 g/mol. The van der Waals surface area contributed by atoms with Gasteiger partial charge in [0.05, 0.1) is 6.61 Å². The van der Waals surface area contributed by atoms with Crippen molar-refractivity contribution in [1.29, 1.82) is 0 Å². The Labute approximate surface area is 97.6 Å². The van der Waals surface area contributed by atoms with E-state index in [-0.39, 0.29) is 6.61 Å². The van der Waals surface area contributed by atoms with Crippen molar-refractivity contribution < 1.29 is 14.6 Å². The Morgan fingerprint density at radius 1 is 1.40 bits per heavy atom. The van der Waals surface area contributed by atoms with Gasteiger partial charge in [-0.1, -0.05) is 29.3 Å². The van der Waals surface area contributed by atoms with Crippen molar-refractivity contribution >= 4 is 29.2 Å². The fourth-order valence-electron chi connectivity index (χ4n) is 1.07. The van der Waals surface area contributed by atoms with Crippen LogP contribution in [0.4, 0.5) is 0 Å². The molecule has 1 aromatic carbocycles. The predicted molar refractivity (Wildman–Crippen MR) is 58.6 cm³/mol. The van der Waals surface area contributed by atoms with Crippen LogP contribution in [0.1, 0.15) is 5.56 Å². The van der Waals surface area contributed by atoms with Gasteiger partial charge in [0.2, 0.25) is 0 Å². The van der Waals surface area contributed by atoms with Gasteiger partial charge in [-0.3, -0.25) is 0 Å². The SMILES string of the molecule is O=C(O)COCCc1ccc(Cl)cc1Cl. The highest BCUT2D eigenvalue weighted by Crippen LogP contribution is 2.21. The molecule has 0 saturated heterocycles. The minimum absolute atomic E-state index is 0.286. The van der Waals surface area contributed by atoms with Crippen LogP contribution in [-0.2, 0) is 16.0 Å². The highest BCUT2D eigenvalue weighted by Gasteiger charge is 2.02. The second-order valence-electron chi connectivity index (χ2n) is 2.93. The zero-order valence-electron chi connectivity index (χ0n) is 7.87. The van der Waals surface area contributed by atoms with Crippen LogP contribution in [0.15, 0.2) is 18.2 Å². The standard InChI is InChI=1S/C10H10Cl2O3/c11-8-2-1-7(9(12)5-8)3-4-15-6-10(13)14/h1-2,5H,3-4,6H2,(H,13,14). The number of benzene rings is 1. The Hall–Kier alpha value is -0.770. The topological polar surface area (TPSA) is 46.5 Å². The monoisotopic (exact) mass is 248 g/mol. The van der Waals surface area contributed by atoms with Crippen LogP contribution in [0, 0.1) is 0 Å². The first-order valence-electron chi connectivity index (χ1n) is 4.33. The number of ether oxygens (including phenoxy) is 1. The average Bonchev–Trinajstić information content (AvgIpc) is 2.14. The van der Waals surface area contributed by atoms with Gasteiger partial charge in [0.15, 0.2) is 0 Å². The summed E-state index contributed by atoms with van der Waals surface area (Å²) in [4.78, 5) is 10.2. The van der Waals surface area contributed by atoms with Gasteiger partial charge in [-0.25, -0.2) is 4.79 Å². The molecule has 1 rings (SSSR count). The molecule has 0 radical (unpaired) electrons. The number of carboxylic acids is 1. The molecule has 82 valence electrons. The minimum atomic E-state index is -0.975. The van der Waals surface area contributed by atoms with E-state index in [1.54, 1.807) is 18.2 Å². The van der Waals surface area contributed by atoms with Gasteiger partial charge in [-0.2, -0.15) is 0 Å². The molecule has 5 heteroatoms. The van der Waals surface area contributed by atoms with Crippen LogP contribution in [0.3, 0.4) is 0 Å². The summed E-state index contributed by atoms with van der Waals surface area (Å²) in [5, 5.41) is 9.48. The molecule has 0 spiro atoms. The average molecular weight is 249 g/mol. The second-order valence-corrected chi connectivity index (χ2v) is 3.78. The molecule has 1 aromatic rings. The van der Waals surface area contributed by atoms with Gasteiger partial charge in [0.1, 0.15) is 6.61 Å². The third-order valence-electron chi connectivity index (χ3n) is 1.76. The van der Waals surface area contributed by atoms with Crippen LogP contribution < -0.4 is 0 Å². The van der Waals surface area contributed by atoms with Crippen LogP contribution >= 0.6 is 23.2 Å². The number of hydrogen-bond acceptors (Lipinski definition) is 2. The maximum absolute atomic E-state index is 10.2. The maximum atomic E-state index is 10.2. The first-order chi connectivity index (χ1) is 7.09. The molecule has 0 bridgehead atoms. The van der Waals surface area contributed by atoms with E-state index in [1.165, 1.54) is 0 Å². The third kappa shape index (κ3) is 4.51. The molecule has 0 heterocycles. The van der Waals surface area contributed by atoms with Crippen LogP contribution in [0.2, 0.25) is 10.0 Å². The van der Waals surface area contributed by atoms with Gasteiger partial charge in [0, 0.05) is 10.0 Å². The van der Waals surface area contributed by atoms with Crippen molar-refractivity contribution in [2.45, 2.75) is 6.42 Å². The molecule has 0 unspecified atom stereocenters. The first kappa shape index (κ1) is 12.3. The van der Waals surface area contributed by atoms with Gasteiger partial charge in [-0.15, -0.1) is 0 Å². The van der Waals surface area contributed by atoms with E-state index >= 15 is 0 Å². The Balaban J connectivity index is 2.40. The van der Waals surface area contributed by atoms with Crippen molar-refractivity contribution in [1.82, 2.24) is 0 Å². The number of aliphatic carboxylic acids is 1. The molecular formula is C10H10Cl2O3. The zero-order valence-corrected chi connectivity index (χ0v) is 9.38. The van der Waals surface area contributed by atoms with Crippen molar-refractivity contribution in [3.05, 3.63) is 33.8 Å². The highest BCUT2D eigenvalue weighted by atomic mass is 35.5. The van der Waals surface area contributed by atoms with Crippen molar-refractivity contribution in [2.75, 3.05) is 13.2 Å². The Kier molecular flexibility index (Phi) is 4.88. The lowest BCUT2D eigenvalue weighted by Crippen LogP contribution is -2.09. The summed E-state index contributed by atoms with van der Waals surface area (Å²) in [6.07, 6.45) is 0.573. The summed E-state index contributed by atoms with van der Waals surface area (Å²) < 4.78 is 4.89. The van der Waals surface area contributed by atoms with Crippen molar-refractivity contribution in [3.63, 3.8) is 0 Å². The van der Waals surface area contributed by atoms with Crippen LogP contribution in [-0.4, -0.2) is 24.3 Å². The molecule has 0 aliphatic rings. The highest BCUT2D eigenvalue weighted by molar-refractivity contribution is 6.35. The van der Waals surface area contributed by atoms with E-state index in [0.29, 0.717) is 23.1 Å². The molecule has 1 N–H and O–H groups in total. The first-order valence-corrected chi connectivity index (χ1v) is 5.08. The Morgan fingerprint density at radius 3 is 2.73 bits per heavy atom. The van der Waals surface area contributed by atoms with Gasteiger partial charge < -0.3 is 9.84 Å². The smallest absolute Gasteiger partial charge is 0.329 e. The van der Waals surface area contributed by atoms with E-state index in [0.717, 1.165) is 5.56 Å². The molecule has 0 saturated carbocycles. The minimum Gasteiger partial charge on any atom is -0.480 e. The number of carbonyl (C=O) groups is 1. The van der Waals surface area contributed by atoms with Crippen molar-refractivity contribution in [2.24, 2.45) is 0 Å². The predicted octanol–water partition coefficient (Wildman–Crippen LogP) is 2.64. The van der Waals surface area contributed by atoms with Gasteiger partial charge >= 0.3 is 5.97 Å². The van der Waals surface area contributed by atoms with Crippen LogP contribution in [0.5, 0.6) is 0 Å². The summed E-state index contributed by atoms with van der Waals surface area (Å²) in [5.41, 5.74) is 0.895. The van der Waals surface area contributed by atoms with Crippen LogP contribution in [0.25, 0.3) is 0 Å². The number of halogens is 2. The second kappa shape index (κ2) is 5.95. The summed E-state index contributed by atoms with van der Waals surface area (Å²) in [6.45, 7) is 0.0405. The molecule has 15 heavy (non-hydrogen) atoms. The molecule has 0 aliphatic carbocycles. The van der Waals surface area contributed by atoms with E-state index in [1.807, 2.05) is 0 Å². The number of hydrogen-bond donors (Lipinski definition) is 1. The summed E-state index contributed by atoms with van der Waals surface area (Å²) >= 11 is 11.6. The molecule has 0 atom stereocenters. The largest absolute Gasteiger partial charge is 0.480 e.